The predicted molar refractivity (Wildman–Crippen MR) is 122 cm³/mol. The molecule has 8 heteroatoms. The van der Waals surface area contributed by atoms with Gasteiger partial charge in [-0.2, -0.15) is 5.26 Å². The standard InChI is InChI=1S/C25H15FN4O3/c1-33-16-7-6-14(11-27)18(8-16)19-10-22-20(9-21(19)26)24(31)30(25(32)29-22)23-13-28-12-15-4-2-3-5-17(15)23/h2-10,12-13H,1H3,(H,29,32). The molecule has 2 heterocycles. The Labute approximate surface area is 186 Å². The second-order valence-corrected chi connectivity index (χ2v) is 7.35. The second-order valence-electron chi connectivity index (χ2n) is 7.35. The number of rotatable bonds is 3. The van der Waals surface area contributed by atoms with Gasteiger partial charge >= 0.3 is 5.69 Å². The molecule has 0 saturated heterocycles. The van der Waals surface area contributed by atoms with Crippen molar-refractivity contribution >= 4 is 21.7 Å². The van der Waals surface area contributed by atoms with Crippen LogP contribution in [0.5, 0.6) is 5.75 Å². The molecule has 0 radical (unpaired) electrons. The van der Waals surface area contributed by atoms with Crippen molar-refractivity contribution in [3.8, 4) is 28.6 Å². The van der Waals surface area contributed by atoms with Gasteiger partial charge < -0.3 is 9.72 Å². The molecule has 7 nitrogen and oxygen atoms in total. The van der Waals surface area contributed by atoms with E-state index in [0.29, 0.717) is 22.4 Å². The molecule has 160 valence electrons. The van der Waals surface area contributed by atoms with Crippen molar-refractivity contribution in [2.75, 3.05) is 7.11 Å². The summed E-state index contributed by atoms with van der Waals surface area (Å²) in [7, 11) is 1.46. The highest BCUT2D eigenvalue weighted by Gasteiger charge is 2.17. The molecular weight excluding hydrogens is 423 g/mol. The first-order chi connectivity index (χ1) is 16.0. The van der Waals surface area contributed by atoms with E-state index in [1.165, 1.54) is 31.5 Å². The highest BCUT2D eigenvalue weighted by atomic mass is 19.1. The summed E-state index contributed by atoms with van der Waals surface area (Å²) in [6, 6.07) is 16.3. The van der Waals surface area contributed by atoms with Crippen molar-refractivity contribution in [1.82, 2.24) is 14.5 Å². The van der Waals surface area contributed by atoms with Crippen molar-refractivity contribution < 1.29 is 9.13 Å². The van der Waals surface area contributed by atoms with Crippen molar-refractivity contribution in [3.05, 3.63) is 99.2 Å². The van der Waals surface area contributed by atoms with Gasteiger partial charge in [-0.1, -0.05) is 24.3 Å². The number of hydrogen-bond acceptors (Lipinski definition) is 5. The molecule has 0 unspecified atom stereocenters. The maximum absolute atomic E-state index is 15.2. The number of nitrogens with one attached hydrogen (secondary N) is 1. The molecule has 33 heavy (non-hydrogen) atoms. The number of fused-ring (bicyclic) bond motifs is 2. The Kier molecular flexibility index (Phi) is 4.72. The Bertz CT molecular complexity index is 1730. The molecule has 3 aromatic carbocycles. The Balaban J connectivity index is 1.79. The van der Waals surface area contributed by atoms with Crippen LogP contribution in [-0.2, 0) is 0 Å². The van der Waals surface area contributed by atoms with Gasteiger partial charge in [0.2, 0.25) is 0 Å². The predicted octanol–water partition coefficient (Wildman–Crippen LogP) is 3.91. The molecule has 0 aliphatic carbocycles. The molecule has 0 bridgehead atoms. The number of hydrogen-bond donors (Lipinski definition) is 1. The van der Waals surface area contributed by atoms with Crippen LogP contribution in [0.1, 0.15) is 5.56 Å². The van der Waals surface area contributed by atoms with Gasteiger partial charge in [-0.3, -0.25) is 9.78 Å². The largest absolute Gasteiger partial charge is 0.497 e. The summed E-state index contributed by atoms with van der Waals surface area (Å²) in [5.74, 6) is -0.269. The fourth-order valence-corrected chi connectivity index (χ4v) is 3.91. The van der Waals surface area contributed by atoms with E-state index in [2.05, 4.69) is 9.97 Å². The number of aromatic amines is 1. The van der Waals surface area contributed by atoms with Crippen LogP contribution >= 0.6 is 0 Å². The fraction of sp³-hybridized carbons (Fsp3) is 0.0400. The normalized spacial score (nSPS) is 10.9. The first-order valence-electron chi connectivity index (χ1n) is 9.92. The van der Waals surface area contributed by atoms with E-state index in [0.717, 1.165) is 16.0 Å². The number of ether oxygens (including phenoxy) is 1. The van der Waals surface area contributed by atoms with Crippen molar-refractivity contribution in [2.45, 2.75) is 0 Å². The second kappa shape index (κ2) is 7.73. The summed E-state index contributed by atoms with van der Waals surface area (Å²) < 4.78 is 21.4. The van der Waals surface area contributed by atoms with Gasteiger partial charge in [-0.15, -0.1) is 0 Å². The molecule has 0 fully saturated rings. The van der Waals surface area contributed by atoms with Crippen LogP contribution in [0.2, 0.25) is 0 Å². The van der Waals surface area contributed by atoms with Crippen LogP contribution < -0.4 is 16.0 Å². The quantitative estimate of drug-likeness (QED) is 0.460. The van der Waals surface area contributed by atoms with E-state index >= 15 is 4.39 Å². The molecule has 5 rings (SSSR count). The third kappa shape index (κ3) is 3.23. The lowest BCUT2D eigenvalue weighted by Crippen LogP contribution is -2.34. The molecule has 2 aromatic heterocycles. The SMILES string of the molecule is COc1ccc(C#N)c(-c2cc3[nH]c(=O)n(-c4cncc5ccccc45)c(=O)c3cc2F)c1. The number of pyridine rings is 1. The minimum absolute atomic E-state index is 0.00909. The average Bonchev–Trinajstić information content (AvgIpc) is 2.84. The fourth-order valence-electron chi connectivity index (χ4n) is 3.91. The van der Waals surface area contributed by atoms with Gasteiger partial charge in [0.25, 0.3) is 5.56 Å². The number of nitrogens with zero attached hydrogens (tertiary/aromatic N) is 3. The van der Waals surface area contributed by atoms with Crippen LogP contribution in [0.15, 0.2) is 76.6 Å². The zero-order chi connectivity index (χ0) is 23.1. The molecule has 0 aliphatic heterocycles. The maximum atomic E-state index is 15.2. The van der Waals surface area contributed by atoms with Gasteiger partial charge in [0.1, 0.15) is 11.6 Å². The van der Waals surface area contributed by atoms with Crippen molar-refractivity contribution in [1.29, 1.82) is 5.26 Å². The summed E-state index contributed by atoms with van der Waals surface area (Å²) >= 11 is 0. The van der Waals surface area contributed by atoms with Gasteiger partial charge in [-0.25, -0.2) is 13.8 Å². The lowest BCUT2D eigenvalue weighted by atomic mass is 9.98. The lowest BCUT2D eigenvalue weighted by Gasteiger charge is -2.12. The minimum atomic E-state index is -0.709. The number of benzene rings is 3. The molecule has 5 aromatic rings. The summed E-state index contributed by atoms with van der Waals surface area (Å²) in [5.41, 5.74) is -0.329. The van der Waals surface area contributed by atoms with Crippen molar-refractivity contribution in [3.63, 3.8) is 0 Å². The number of H-pyrrole nitrogens is 1. The third-order valence-electron chi connectivity index (χ3n) is 5.51. The zero-order valence-corrected chi connectivity index (χ0v) is 17.3. The van der Waals surface area contributed by atoms with E-state index in [-0.39, 0.29) is 22.0 Å². The molecular formula is C25H15FN4O3. The van der Waals surface area contributed by atoms with Gasteiger partial charge in [0, 0.05) is 28.1 Å². The van der Waals surface area contributed by atoms with E-state index in [1.54, 1.807) is 24.4 Å². The Morgan fingerprint density at radius 2 is 1.85 bits per heavy atom. The number of methoxy groups -OCH3 is 1. The lowest BCUT2D eigenvalue weighted by molar-refractivity contribution is 0.415. The minimum Gasteiger partial charge on any atom is -0.497 e. The molecule has 1 N–H and O–H groups in total. The van der Waals surface area contributed by atoms with Gasteiger partial charge in [-0.05, 0) is 30.3 Å². The number of nitriles is 1. The number of aromatic nitrogens is 3. The Morgan fingerprint density at radius 3 is 2.64 bits per heavy atom. The van der Waals surface area contributed by atoms with Crippen LogP contribution in [0.3, 0.4) is 0 Å². The maximum Gasteiger partial charge on any atom is 0.333 e. The molecule has 0 atom stereocenters. The first-order valence-corrected chi connectivity index (χ1v) is 9.92. The van der Waals surface area contributed by atoms with Crippen LogP contribution in [0.4, 0.5) is 4.39 Å². The number of halogens is 1. The van der Waals surface area contributed by atoms with E-state index in [4.69, 9.17) is 4.74 Å². The zero-order valence-electron chi connectivity index (χ0n) is 17.3. The highest BCUT2D eigenvalue weighted by molar-refractivity contribution is 5.90. The van der Waals surface area contributed by atoms with Crippen LogP contribution in [-0.4, -0.2) is 21.6 Å². The molecule has 0 aliphatic rings. The van der Waals surface area contributed by atoms with E-state index in [1.807, 2.05) is 18.2 Å². The van der Waals surface area contributed by atoms with Gasteiger partial charge in [0.15, 0.2) is 0 Å². The summed E-state index contributed by atoms with van der Waals surface area (Å²) in [6.45, 7) is 0. The Hall–Kier alpha value is -4.77. The smallest absolute Gasteiger partial charge is 0.333 e. The molecule has 0 saturated carbocycles. The third-order valence-corrected chi connectivity index (χ3v) is 5.51. The molecule has 0 amide bonds. The van der Waals surface area contributed by atoms with E-state index in [9.17, 15) is 14.9 Å². The highest BCUT2D eigenvalue weighted by Crippen LogP contribution is 2.31. The summed E-state index contributed by atoms with van der Waals surface area (Å²) in [5, 5.41) is 10.9. The first kappa shape index (κ1) is 20.2. The topological polar surface area (TPSA) is 101 Å². The average molecular weight is 438 g/mol. The molecule has 0 spiro atoms. The van der Waals surface area contributed by atoms with Crippen molar-refractivity contribution in [2.24, 2.45) is 0 Å². The summed E-state index contributed by atoms with van der Waals surface area (Å²) in [6.07, 6.45) is 3.05. The van der Waals surface area contributed by atoms with Crippen LogP contribution in [0, 0.1) is 17.1 Å². The van der Waals surface area contributed by atoms with Crippen LogP contribution in [0.25, 0.3) is 38.5 Å². The van der Waals surface area contributed by atoms with Gasteiger partial charge in [0.05, 0.1) is 41.5 Å². The van der Waals surface area contributed by atoms with E-state index < -0.39 is 17.1 Å². The Morgan fingerprint density at radius 1 is 1.03 bits per heavy atom. The monoisotopic (exact) mass is 438 g/mol. The summed E-state index contributed by atoms with van der Waals surface area (Å²) in [4.78, 5) is 33.1.